The Balaban J connectivity index is 1.69. The SMILES string of the molecule is COc1ccc(NS(=O)(=O)c2ccc3[nH]c4c(c3c2)CCCC4)cc1. The Morgan fingerprint density at radius 2 is 1.80 bits per heavy atom. The van der Waals surface area contributed by atoms with Gasteiger partial charge in [0.1, 0.15) is 5.75 Å². The lowest BCUT2D eigenvalue weighted by Crippen LogP contribution is -2.12. The van der Waals surface area contributed by atoms with E-state index in [-0.39, 0.29) is 4.90 Å². The number of hydrogen-bond acceptors (Lipinski definition) is 3. The van der Waals surface area contributed by atoms with E-state index < -0.39 is 10.0 Å². The van der Waals surface area contributed by atoms with Crippen molar-refractivity contribution in [1.82, 2.24) is 4.98 Å². The number of aromatic nitrogens is 1. The summed E-state index contributed by atoms with van der Waals surface area (Å²) in [7, 11) is -2.06. The molecule has 5 nitrogen and oxygen atoms in total. The van der Waals surface area contributed by atoms with E-state index in [0.717, 1.165) is 30.2 Å². The van der Waals surface area contributed by atoms with Crippen molar-refractivity contribution in [1.29, 1.82) is 0 Å². The highest BCUT2D eigenvalue weighted by Crippen LogP contribution is 2.31. The minimum Gasteiger partial charge on any atom is -0.497 e. The average Bonchev–Trinajstić information content (AvgIpc) is 3.00. The number of aryl methyl sites for hydroxylation is 2. The summed E-state index contributed by atoms with van der Waals surface area (Å²) < 4.78 is 33.2. The Labute approximate surface area is 147 Å². The first kappa shape index (κ1) is 16.0. The molecule has 0 spiro atoms. The molecule has 25 heavy (non-hydrogen) atoms. The minimum atomic E-state index is -3.63. The zero-order chi connectivity index (χ0) is 17.4. The van der Waals surface area contributed by atoms with Gasteiger partial charge in [0.25, 0.3) is 10.0 Å². The van der Waals surface area contributed by atoms with Crippen LogP contribution < -0.4 is 9.46 Å². The first-order valence-corrected chi connectivity index (χ1v) is 9.85. The Bertz CT molecular complexity index is 1020. The number of ether oxygens (including phenoxy) is 1. The molecule has 130 valence electrons. The largest absolute Gasteiger partial charge is 0.497 e. The number of rotatable bonds is 4. The van der Waals surface area contributed by atoms with Crippen LogP contribution in [-0.4, -0.2) is 20.5 Å². The summed E-state index contributed by atoms with van der Waals surface area (Å²) in [6, 6.07) is 12.1. The fourth-order valence-corrected chi connectivity index (χ4v) is 4.51. The molecule has 0 atom stereocenters. The molecule has 3 aromatic rings. The lowest BCUT2D eigenvalue weighted by atomic mass is 9.96. The van der Waals surface area contributed by atoms with E-state index in [1.54, 1.807) is 43.5 Å². The molecule has 0 bridgehead atoms. The Morgan fingerprint density at radius 1 is 1.04 bits per heavy atom. The monoisotopic (exact) mass is 356 g/mol. The third kappa shape index (κ3) is 2.98. The second-order valence-corrected chi connectivity index (χ2v) is 8.01. The summed E-state index contributed by atoms with van der Waals surface area (Å²) in [6.07, 6.45) is 4.38. The first-order chi connectivity index (χ1) is 12.1. The molecule has 1 aliphatic carbocycles. The third-order valence-electron chi connectivity index (χ3n) is 4.72. The third-order valence-corrected chi connectivity index (χ3v) is 6.10. The fourth-order valence-electron chi connectivity index (χ4n) is 3.43. The van der Waals surface area contributed by atoms with E-state index in [4.69, 9.17) is 4.74 Å². The van der Waals surface area contributed by atoms with E-state index in [0.29, 0.717) is 11.4 Å². The Hall–Kier alpha value is -2.47. The van der Waals surface area contributed by atoms with Gasteiger partial charge in [-0.3, -0.25) is 4.72 Å². The van der Waals surface area contributed by atoms with Crippen LogP contribution >= 0.6 is 0 Å². The highest BCUT2D eigenvalue weighted by atomic mass is 32.2. The smallest absolute Gasteiger partial charge is 0.261 e. The maximum Gasteiger partial charge on any atom is 0.261 e. The number of hydrogen-bond donors (Lipinski definition) is 2. The van der Waals surface area contributed by atoms with Crippen molar-refractivity contribution < 1.29 is 13.2 Å². The van der Waals surface area contributed by atoms with Crippen molar-refractivity contribution in [2.45, 2.75) is 30.6 Å². The van der Waals surface area contributed by atoms with Gasteiger partial charge in [0.05, 0.1) is 12.0 Å². The summed E-state index contributed by atoms with van der Waals surface area (Å²) >= 11 is 0. The average molecular weight is 356 g/mol. The van der Waals surface area contributed by atoms with Gasteiger partial charge >= 0.3 is 0 Å². The molecule has 0 radical (unpaired) electrons. The summed E-state index contributed by atoms with van der Waals surface area (Å²) in [6.45, 7) is 0. The second-order valence-electron chi connectivity index (χ2n) is 6.33. The van der Waals surface area contributed by atoms with Crippen LogP contribution in [0.4, 0.5) is 5.69 Å². The van der Waals surface area contributed by atoms with Crippen LogP contribution in [0.3, 0.4) is 0 Å². The molecule has 2 aromatic carbocycles. The van der Waals surface area contributed by atoms with Crippen molar-refractivity contribution in [3.8, 4) is 5.75 Å². The van der Waals surface area contributed by atoms with E-state index >= 15 is 0 Å². The molecule has 0 saturated carbocycles. The number of nitrogens with one attached hydrogen (secondary N) is 2. The van der Waals surface area contributed by atoms with Gasteiger partial charge in [-0.2, -0.15) is 0 Å². The maximum atomic E-state index is 12.7. The summed E-state index contributed by atoms with van der Waals surface area (Å²) in [4.78, 5) is 3.71. The molecule has 0 amide bonds. The van der Waals surface area contributed by atoms with Crippen LogP contribution in [0.25, 0.3) is 10.9 Å². The predicted molar refractivity (Wildman–Crippen MR) is 98.7 cm³/mol. The van der Waals surface area contributed by atoms with Crippen molar-refractivity contribution in [2.75, 3.05) is 11.8 Å². The van der Waals surface area contributed by atoms with Gasteiger partial charge in [-0.25, -0.2) is 8.42 Å². The van der Waals surface area contributed by atoms with Gasteiger partial charge in [-0.1, -0.05) is 0 Å². The molecule has 1 aliphatic rings. The van der Waals surface area contributed by atoms with Crippen LogP contribution in [0.15, 0.2) is 47.4 Å². The zero-order valence-electron chi connectivity index (χ0n) is 14.0. The molecule has 0 saturated heterocycles. The van der Waals surface area contributed by atoms with Crippen molar-refractivity contribution in [3.05, 3.63) is 53.7 Å². The molecular formula is C19H20N2O3S. The second kappa shape index (κ2) is 6.11. The molecular weight excluding hydrogens is 336 g/mol. The molecule has 4 rings (SSSR count). The number of H-pyrrole nitrogens is 1. The Kier molecular flexibility index (Phi) is 3.92. The predicted octanol–water partition coefficient (Wildman–Crippen LogP) is 3.86. The van der Waals surface area contributed by atoms with Crippen molar-refractivity contribution in [3.63, 3.8) is 0 Å². The van der Waals surface area contributed by atoms with Crippen LogP contribution in [0.1, 0.15) is 24.1 Å². The van der Waals surface area contributed by atoms with Gasteiger partial charge in [0.15, 0.2) is 0 Å². The normalized spacial score (nSPS) is 14.3. The number of sulfonamides is 1. The van der Waals surface area contributed by atoms with E-state index in [2.05, 4.69) is 9.71 Å². The topological polar surface area (TPSA) is 71.2 Å². The van der Waals surface area contributed by atoms with E-state index in [1.165, 1.54) is 17.7 Å². The number of methoxy groups -OCH3 is 1. The molecule has 1 aromatic heterocycles. The Morgan fingerprint density at radius 3 is 2.56 bits per heavy atom. The van der Waals surface area contributed by atoms with Crippen LogP contribution in [0.5, 0.6) is 5.75 Å². The zero-order valence-corrected chi connectivity index (χ0v) is 14.8. The number of aromatic amines is 1. The van der Waals surface area contributed by atoms with Gasteiger partial charge in [-0.15, -0.1) is 0 Å². The first-order valence-electron chi connectivity index (χ1n) is 8.37. The van der Waals surface area contributed by atoms with Crippen LogP contribution in [-0.2, 0) is 22.9 Å². The van der Waals surface area contributed by atoms with E-state index in [9.17, 15) is 8.42 Å². The summed E-state index contributed by atoms with van der Waals surface area (Å²) in [5.74, 6) is 0.684. The summed E-state index contributed by atoms with van der Waals surface area (Å²) in [5.41, 5.74) is 4.04. The summed E-state index contributed by atoms with van der Waals surface area (Å²) in [5, 5.41) is 1.02. The quantitative estimate of drug-likeness (QED) is 0.746. The number of anilines is 1. The minimum absolute atomic E-state index is 0.281. The van der Waals surface area contributed by atoms with Gasteiger partial charge in [0, 0.05) is 22.3 Å². The molecule has 0 unspecified atom stereocenters. The lowest BCUT2D eigenvalue weighted by Gasteiger charge is -2.11. The standard InChI is InChI=1S/C19H20N2O3S/c1-24-14-8-6-13(7-9-14)21-25(22,23)15-10-11-19-17(12-15)16-4-2-3-5-18(16)20-19/h6-12,20-21H,2-5H2,1H3. The number of fused-ring (bicyclic) bond motifs is 3. The van der Waals surface area contributed by atoms with E-state index in [1.807, 2.05) is 6.07 Å². The van der Waals surface area contributed by atoms with Crippen LogP contribution in [0, 0.1) is 0 Å². The molecule has 1 heterocycles. The lowest BCUT2D eigenvalue weighted by molar-refractivity contribution is 0.415. The number of benzene rings is 2. The van der Waals surface area contributed by atoms with Gasteiger partial charge in [-0.05, 0) is 73.7 Å². The van der Waals surface area contributed by atoms with Crippen LogP contribution in [0.2, 0.25) is 0 Å². The molecule has 6 heteroatoms. The van der Waals surface area contributed by atoms with Gasteiger partial charge in [0.2, 0.25) is 0 Å². The molecule has 0 aliphatic heterocycles. The van der Waals surface area contributed by atoms with Crippen molar-refractivity contribution in [2.24, 2.45) is 0 Å². The fraction of sp³-hybridized carbons (Fsp3) is 0.263. The van der Waals surface area contributed by atoms with Gasteiger partial charge < -0.3 is 9.72 Å². The van der Waals surface area contributed by atoms with Crippen molar-refractivity contribution >= 4 is 26.6 Å². The highest BCUT2D eigenvalue weighted by molar-refractivity contribution is 7.92. The maximum absolute atomic E-state index is 12.7. The molecule has 0 fully saturated rings. The molecule has 2 N–H and O–H groups in total. The highest BCUT2D eigenvalue weighted by Gasteiger charge is 2.19.